The zero-order valence-corrected chi connectivity index (χ0v) is 8.54. The van der Waals surface area contributed by atoms with Crippen molar-refractivity contribution in [1.82, 2.24) is 5.32 Å². The van der Waals surface area contributed by atoms with E-state index in [4.69, 9.17) is 0 Å². The van der Waals surface area contributed by atoms with Crippen molar-refractivity contribution in [3.63, 3.8) is 0 Å². The van der Waals surface area contributed by atoms with Crippen molar-refractivity contribution >= 4 is 0 Å². The van der Waals surface area contributed by atoms with Crippen LogP contribution in [-0.4, -0.2) is 13.6 Å². The number of unbranched alkanes of at least 4 members (excludes halogenated alkanes) is 1. The number of hydrogen-bond donors (Lipinski definition) is 1. The van der Waals surface area contributed by atoms with Crippen molar-refractivity contribution in [2.75, 3.05) is 13.6 Å². The van der Waals surface area contributed by atoms with Crippen molar-refractivity contribution in [1.29, 1.82) is 0 Å². The highest BCUT2D eigenvalue weighted by Gasteiger charge is 2.19. The van der Waals surface area contributed by atoms with Gasteiger partial charge in [0, 0.05) is 6.54 Å². The predicted molar refractivity (Wildman–Crippen MR) is 51.8 cm³/mol. The van der Waals surface area contributed by atoms with Crippen molar-refractivity contribution in [2.24, 2.45) is 5.41 Å². The Bertz CT molecular complexity index is 90.9. The molecule has 68 valence electrons. The van der Waals surface area contributed by atoms with Crippen molar-refractivity contribution < 1.29 is 0 Å². The summed E-state index contributed by atoms with van der Waals surface area (Å²) in [5.74, 6) is 0. The summed E-state index contributed by atoms with van der Waals surface area (Å²) >= 11 is 0. The Morgan fingerprint density at radius 1 is 1.27 bits per heavy atom. The largest absolute Gasteiger partial charge is 0.319 e. The quantitative estimate of drug-likeness (QED) is 0.625. The molecule has 0 bridgehead atoms. The molecule has 0 fully saturated rings. The lowest BCUT2D eigenvalue weighted by molar-refractivity contribution is 0.269. The zero-order chi connectivity index (χ0) is 8.74. The van der Waals surface area contributed by atoms with E-state index in [-0.39, 0.29) is 0 Å². The van der Waals surface area contributed by atoms with Gasteiger partial charge in [-0.25, -0.2) is 0 Å². The monoisotopic (exact) mass is 157 g/mol. The van der Waals surface area contributed by atoms with Crippen LogP contribution >= 0.6 is 0 Å². The van der Waals surface area contributed by atoms with E-state index in [1.54, 1.807) is 0 Å². The van der Waals surface area contributed by atoms with Gasteiger partial charge in [0.25, 0.3) is 0 Å². The van der Waals surface area contributed by atoms with Crippen LogP contribution in [-0.2, 0) is 0 Å². The standard InChI is InChI=1S/C10H23N/c1-5-7-8-10(3,6-2)9-11-4/h11H,5-9H2,1-4H3. The molecule has 1 heteroatoms. The highest BCUT2D eigenvalue weighted by atomic mass is 14.8. The molecule has 11 heavy (non-hydrogen) atoms. The van der Waals surface area contributed by atoms with Gasteiger partial charge in [-0.15, -0.1) is 0 Å². The van der Waals surface area contributed by atoms with Crippen LogP contribution in [0.15, 0.2) is 0 Å². The molecule has 0 saturated carbocycles. The summed E-state index contributed by atoms with van der Waals surface area (Å²) < 4.78 is 0. The van der Waals surface area contributed by atoms with Crippen LogP contribution < -0.4 is 5.32 Å². The number of hydrogen-bond acceptors (Lipinski definition) is 1. The molecular formula is C10H23N. The van der Waals surface area contributed by atoms with E-state index < -0.39 is 0 Å². The normalized spacial score (nSPS) is 16.4. The van der Waals surface area contributed by atoms with Crippen LogP contribution in [0, 0.1) is 5.41 Å². The third-order valence-corrected chi connectivity index (χ3v) is 2.59. The Morgan fingerprint density at radius 3 is 2.27 bits per heavy atom. The van der Waals surface area contributed by atoms with E-state index in [2.05, 4.69) is 26.1 Å². The lowest BCUT2D eigenvalue weighted by Crippen LogP contribution is -2.28. The van der Waals surface area contributed by atoms with Crippen LogP contribution in [0.25, 0.3) is 0 Å². The van der Waals surface area contributed by atoms with Gasteiger partial charge in [-0.3, -0.25) is 0 Å². The minimum Gasteiger partial charge on any atom is -0.319 e. The molecule has 0 aliphatic carbocycles. The molecule has 0 aliphatic heterocycles. The van der Waals surface area contributed by atoms with E-state index in [1.165, 1.54) is 25.7 Å². The van der Waals surface area contributed by atoms with Gasteiger partial charge < -0.3 is 5.32 Å². The molecular weight excluding hydrogens is 134 g/mol. The summed E-state index contributed by atoms with van der Waals surface area (Å²) in [5, 5.41) is 3.27. The molecule has 0 radical (unpaired) electrons. The average molecular weight is 157 g/mol. The molecule has 0 aliphatic rings. The number of rotatable bonds is 6. The van der Waals surface area contributed by atoms with Gasteiger partial charge in [0.2, 0.25) is 0 Å². The molecule has 0 amide bonds. The highest BCUT2D eigenvalue weighted by Crippen LogP contribution is 2.26. The van der Waals surface area contributed by atoms with Crippen molar-refractivity contribution in [3.05, 3.63) is 0 Å². The van der Waals surface area contributed by atoms with Crippen LogP contribution in [0.5, 0.6) is 0 Å². The summed E-state index contributed by atoms with van der Waals surface area (Å²) in [7, 11) is 2.04. The highest BCUT2D eigenvalue weighted by molar-refractivity contribution is 4.74. The third-order valence-electron chi connectivity index (χ3n) is 2.59. The second kappa shape index (κ2) is 5.59. The predicted octanol–water partition coefficient (Wildman–Crippen LogP) is 2.81. The summed E-state index contributed by atoms with van der Waals surface area (Å²) in [6.45, 7) is 8.07. The fraction of sp³-hybridized carbons (Fsp3) is 1.00. The summed E-state index contributed by atoms with van der Waals surface area (Å²) in [4.78, 5) is 0. The summed E-state index contributed by atoms with van der Waals surface area (Å²) in [5.41, 5.74) is 0.532. The molecule has 0 rings (SSSR count). The molecule has 0 aromatic carbocycles. The minimum atomic E-state index is 0.532. The fourth-order valence-corrected chi connectivity index (χ4v) is 1.42. The average Bonchev–Trinajstić information content (AvgIpc) is 2.02. The first-order valence-electron chi connectivity index (χ1n) is 4.83. The van der Waals surface area contributed by atoms with Gasteiger partial charge in [-0.2, -0.15) is 0 Å². The molecule has 0 heterocycles. The molecule has 0 saturated heterocycles. The fourth-order valence-electron chi connectivity index (χ4n) is 1.42. The van der Waals surface area contributed by atoms with Gasteiger partial charge in [0.05, 0.1) is 0 Å². The summed E-state index contributed by atoms with van der Waals surface area (Å²) in [6.07, 6.45) is 5.33. The topological polar surface area (TPSA) is 12.0 Å². The maximum atomic E-state index is 3.27. The van der Waals surface area contributed by atoms with Gasteiger partial charge in [0.1, 0.15) is 0 Å². The molecule has 1 nitrogen and oxygen atoms in total. The maximum absolute atomic E-state index is 3.27. The van der Waals surface area contributed by atoms with Gasteiger partial charge in [0.15, 0.2) is 0 Å². The van der Waals surface area contributed by atoms with Crippen LogP contribution in [0.2, 0.25) is 0 Å². The molecule has 0 spiro atoms. The first-order valence-corrected chi connectivity index (χ1v) is 4.83. The first-order chi connectivity index (χ1) is 5.18. The van der Waals surface area contributed by atoms with Crippen LogP contribution in [0.3, 0.4) is 0 Å². The zero-order valence-electron chi connectivity index (χ0n) is 8.54. The lowest BCUT2D eigenvalue weighted by atomic mass is 9.82. The molecule has 1 unspecified atom stereocenters. The van der Waals surface area contributed by atoms with E-state index in [0.717, 1.165) is 6.54 Å². The lowest BCUT2D eigenvalue weighted by Gasteiger charge is -2.27. The smallest absolute Gasteiger partial charge is 0.000205 e. The first kappa shape index (κ1) is 11.0. The van der Waals surface area contributed by atoms with Gasteiger partial charge >= 0.3 is 0 Å². The van der Waals surface area contributed by atoms with Gasteiger partial charge in [-0.05, 0) is 25.3 Å². The SMILES string of the molecule is CCCCC(C)(CC)CNC. The molecule has 1 N–H and O–H groups in total. The molecule has 0 aromatic heterocycles. The Morgan fingerprint density at radius 2 is 1.91 bits per heavy atom. The Hall–Kier alpha value is -0.0400. The summed E-state index contributed by atoms with van der Waals surface area (Å²) in [6, 6.07) is 0. The second-order valence-corrected chi connectivity index (χ2v) is 3.80. The van der Waals surface area contributed by atoms with E-state index >= 15 is 0 Å². The third kappa shape index (κ3) is 4.41. The molecule has 1 atom stereocenters. The Balaban J connectivity index is 3.68. The minimum absolute atomic E-state index is 0.532. The maximum Gasteiger partial charge on any atom is 0.000205 e. The van der Waals surface area contributed by atoms with E-state index in [1.807, 2.05) is 7.05 Å². The second-order valence-electron chi connectivity index (χ2n) is 3.80. The Labute approximate surface area is 71.6 Å². The van der Waals surface area contributed by atoms with E-state index in [0.29, 0.717) is 5.41 Å². The van der Waals surface area contributed by atoms with Crippen LogP contribution in [0.1, 0.15) is 46.5 Å². The molecule has 0 aromatic rings. The van der Waals surface area contributed by atoms with Crippen LogP contribution in [0.4, 0.5) is 0 Å². The van der Waals surface area contributed by atoms with Crippen molar-refractivity contribution in [2.45, 2.75) is 46.5 Å². The van der Waals surface area contributed by atoms with E-state index in [9.17, 15) is 0 Å². The Kier molecular flexibility index (Phi) is 5.57. The van der Waals surface area contributed by atoms with Crippen molar-refractivity contribution in [3.8, 4) is 0 Å². The number of nitrogens with one attached hydrogen (secondary N) is 1. The van der Waals surface area contributed by atoms with Gasteiger partial charge in [-0.1, -0.05) is 33.6 Å².